The minimum atomic E-state index is -0.105. The summed E-state index contributed by atoms with van der Waals surface area (Å²) >= 11 is 0. The van der Waals surface area contributed by atoms with Crippen LogP contribution >= 0.6 is 0 Å². The van der Waals surface area contributed by atoms with Gasteiger partial charge in [0.2, 0.25) is 6.79 Å². The van der Waals surface area contributed by atoms with E-state index in [1.54, 1.807) is 6.20 Å². The van der Waals surface area contributed by atoms with E-state index in [2.05, 4.69) is 24.1 Å². The first-order valence-corrected chi connectivity index (χ1v) is 6.76. The molecular weight excluding hydrogens is 254 g/mol. The number of nitrogens with zero attached hydrogens (tertiary/aromatic N) is 1. The normalized spacial score (nSPS) is 13.8. The highest BCUT2D eigenvalue weighted by Crippen LogP contribution is 2.38. The van der Waals surface area contributed by atoms with Crippen molar-refractivity contribution in [1.29, 1.82) is 0 Å². The van der Waals surface area contributed by atoms with Crippen molar-refractivity contribution >= 4 is 16.6 Å². The Bertz CT molecular complexity index is 640. The van der Waals surface area contributed by atoms with Gasteiger partial charge in [-0.1, -0.05) is 0 Å². The lowest BCUT2D eigenvalue weighted by Gasteiger charge is -2.27. The van der Waals surface area contributed by atoms with E-state index in [0.717, 1.165) is 34.5 Å². The molecule has 0 radical (unpaired) electrons. The number of pyridine rings is 1. The third kappa shape index (κ3) is 2.36. The molecule has 0 unspecified atom stereocenters. The Kier molecular flexibility index (Phi) is 3.14. The molecule has 1 aromatic heterocycles. The molecule has 20 heavy (non-hydrogen) atoms. The molecule has 1 aliphatic heterocycles. The highest BCUT2D eigenvalue weighted by molar-refractivity contribution is 5.94. The Morgan fingerprint density at radius 1 is 1.30 bits per heavy atom. The quantitative estimate of drug-likeness (QED) is 0.895. The summed E-state index contributed by atoms with van der Waals surface area (Å²) in [6.07, 6.45) is 2.67. The second-order valence-corrected chi connectivity index (χ2v) is 5.63. The van der Waals surface area contributed by atoms with Crippen molar-refractivity contribution in [2.45, 2.75) is 25.8 Å². The fraction of sp³-hybridized carbons (Fsp3) is 0.400. The number of hydrogen-bond acceptors (Lipinski definition) is 5. The van der Waals surface area contributed by atoms with E-state index in [1.165, 1.54) is 0 Å². The maximum absolute atomic E-state index is 5.66. The van der Waals surface area contributed by atoms with Crippen LogP contribution in [-0.2, 0) is 0 Å². The number of anilines is 1. The lowest BCUT2D eigenvalue weighted by Crippen LogP contribution is -2.33. The minimum absolute atomic E-state index is 0.105. The van der Waals surface area contributed by atoms with Crippen LogP contribution in [0.4, 0.5) is 5.82 Å². The molecule has 0 bridgehead atoms. The molecule has 0 fully saturated rings. The van der Waals surface area contributed by atoms with E-state index in [9.17, 15) is 0 Å². The SMILES string of the molecule is CC(C)(CCN)Nc1nccc2cc3c(cc12)OCO3. The van der Waals surface area contributed by atoms with Crippen LogP contribution in [0.25, 0.3) is 10.8 Å². The van der Waals surface area contributed by atoms with E-state index < -0.39 is 0 Å². The number of nitrogens with one attached hydrogen (secondary N) is 1. The van der Waals surface area contributed by atoms with Crippen molar-refractivity contribution < 1.29 is 9.47 Å². The molecule has 0 saturated heterocycles. The molecule has 0 atom stereocenters. The molecule has 1 aliphatic rings. The number of ether oxygens (including phenoxy) is 2. The predicted octanol–water partition coefficient (Wildman–Crippen LogP) is 2.50. The summed E-state index contributed by atoms with van der Waals surface area (Å²) in [4.78, 5) is 4.45. The van der Waals surface area contributed by atoms with Gasteiger partial charge < -0.3 is 20.5 Å². The monoisotopic (exact) mass is 273 g/mol. The lowest BCUT2D eigenvalue weighted by atomic mass is 10.0. The number of fused-ring (bicyclic) bond motifs is 2. The average molecular weight is 273 g/mol. The van der Waals surface area contributed by atoms with Crippen molar-refractivity contribution in [1.82, 2.24) is 4.98 Å². The number of aromatic nitrogens is 1. The van der Waals surface area contributed by atoms with Gasteiger partial charge in [0.1, 0.15) is 5.82 Å². The minimum Gasteiger partial charge on any atom is -0.454 e. The molecule has 5 heteroatoms. The first kappa shape index (κ1) is 13.0. The highest BCUT2D eigenvalue weighted by atomic mass is 16.7. The molecule has 3 rings (SSSR count). The van der Waals surface area contributed by atoms with Gasteiger partial charge in [-0.05, 0) is 50.4 Å². The standard InChI is InChI=1S/C15H19N3O2/c1-15(2,4-5-16)18-14-11-8-13-12(19-9-20-13)7-10(11)3-6-17-14/h3,6-8H,4-5,9,16H2,1-2H3,(H,17,18). The summed E-state index contributed by atoms with van der Waals surface area (Å²) < 4.78 is 10.8. The topological polar surface area (TPSA) is 69.4 Å². The van der Waals surface area contributed by atoms with Crippen LogP contribution in [0.15, 0.2) is 24.4 Å². The zero-order chi connectivity index (χ0) is 14.2. The zero-order valence-electron chi connectivity index (χ0n) is 11.8. The fourth-order valence-electron chi connectivity index (χ4n) is 2.41. The van der Waals surface area contributed by atoms with Gasteiger partial charge in [-0.2, -0.15) is 0 Å². The van der Waals surface area contributed by atoms with Crippen LogP contribution in [0.5, 0.6) is 11.5 Å². The Morgan fingerprint density at radius 3 is 2.80 bits per heavy atom. The highest BCUT2D eigenvalue weighted by Gasteiger charge is 2.20. The summed E-state index contributed by atoms with van der Waals surface area (Å²) in [7, 11) is 0. The third-order valence-corrected chi connectivity index (χ3v) is 3.48. The third-order valence-electron chi connectivity index (χ3n) is 3.48. The lowest BCUT2D eigenvalue weighted by molar-refractivity contribution is 0.174. The summed E-state index contributed by atoms with van der Waals surface area (Å²) in [5, 5.41) is 5.57. The number of hydrogen-bond donors (Lipinski definition) is 2. The molecule has 1 aromatic carbocycles. The Hall–Kier alpha value is -2.01. The van der Waals surface area contributed by atoms with Gasteiger partial charge in [0, 0.05) is 17.1 Å². The second-order valence-electron chi connectivity index (χ2n) is 5.63. The van der Waals surface area contributed by atoms with E-state index in [0.29, 0.717) is 6.54 Å². The number of nitrogens with two attached hydrogens (primary N) is 1. The van der Waals surface area contributed by atoms with Gasteiger partial charge in [-0.3, -0.25) is 0 Å². The molecule has 5 nitrogen and oxygen atoms in total. The van der Waals surface area contributed by atoms with E-state index in [-0.39, 0.29) is 12.3 Å². The number of benzene rings is 1. The average Bonchev–Trinajstić information content (AvgIpc) is 2.83. The van der Waals surface area contributed by atoms with Gasteiger partial charge >= 0.3 is 0 Å². The van der Waals surface area contributed by atoms with Crippen LogP contribution in [0.3, 0.4) is 0 Å². The first-order valence-electron chi connectivity index (χ1n) is 6.76. The van der Waals surface area contributed by atoms with E-state index >= 15 is 0 Å². The summed E-state index contributed by atoms with van der Waals surface area (Å²) in [5.74, 6) is 2.40. The fourth-order valence-corrected chi connectivity index (χ4v) is 2.41. The van der Waals surface area contributed by atoms with Crippen molar-refractivity contribution in [3.05, 3.63) is 24.4 Å². The molecule has 0 saturated carbocycles. The molecule has 0 aliphatic carbocycles. The molecule has 2 heterocycles. The molecule has 0 amide bonds. The van der Waals surface area contributed by atoms with Crippen LogP contribution in [-0.4, -0.2) is 23.9 Å². The molecule has 2 aromatic rings. The van der Waals surface area contributed by atoms with Crippen LogP contribution in [0.2, 0.25) is 0 Å². The van der Waals surface area contributed by atoms with E-state index in [1.807, 2.05) is 18.2 Å². The van der Waals surface area contributed by atoms with Crippen molar-refractivity contribution in [2.24, 2.45) is 5.73 Å². The summed E-state index contributed by atoms with van der Waals surface area (Å²) in [5.41, 5.74) is 5.55. The Morgan fingerprint density at radius 2 is 2.05 bits per heavy atom. The van der Waals surface area contributed by atoms with Crippen molar-refractivity contribution in [3.8, 4) is 11.5 Å². The van der Waals surface area contributed by atoms with Gasteiger partial charge in [0.05, 0.1) is 0 Å². The van der Waals surface area contributed by atoms with E-state index in [4.69, 9.17) is 15.2 Å². The van der Waals surface area contributed by atoms with Crippen LogP contribution in [0, 0.1) is 0 Å². The zero-order valence-corrected chi connectivity index (χ0v) is 11.8. The molecule has 0 spiro atoms. The predicted molar refractivity (Wildman–Crippen MR) is 79.2 cm³/mol. The van der Waals surface area contributed by atoms with Crippen LogP contribution in [0.1, 0.15) is 20.3 Å². The van der Waals surface area contributed by atoms with Gasteiger partial charge in [-0.15, -0.1) is 0 Å². The molecule has 3 N–H and O–H groups in total. The Labute approximate surface area is 118 Å². The van der Waals surface area contributed by atoms with Crippen LogP contribution < -0.4 is 20.5 Å². The molecule has 106 valence electrons. The van der Waals surface area contributed by atoms with Crippen molar-refractivity contribution in [2.75, 3.05) is 18.7 Å². The maximum Gasteiger partial charge on any atom is 0.231 e. The van der Waals surface area contributed by atoms with Gasteiger partial charge in [0.25, 0.3) is 0 Å². The summed E-state index contributed by atoms with van der Waals surface area (Å²) in [6.45, 7) is 5.15. The smallest absolute Gasteiger partial charge is 0.231 e. The number of rotatable bonds is 4. The largest absolute Gasteiger partial charge is 0.454 e. The second kappa shape index (κ2) is 4.83. The Balaban J connectivity index is 2.03. The van der Waals surface area contributed by atoms with Gasteiger partial charge in [-0.25, -0.2) is 4.98 Å². The summed E-state index contributed by atoms with van der Waals surface area (Å²) in [6, 6.07) is 5.93. The van der Waals surface area contributed by atoms with Crippen molar-refractivity contribution in [3.63, 3.8) is 0 Å². The maximum atomic E-state index is 5.66. The molecular formula is C15H19N3O2. The first-order chi connectivity index (χ1) is 9.59. The van der Waals surface area contributed by atoms with Gasteiger partial charge in [0.15, 0.2) is 11.5 Å².